The van der Waals surface area contributed by atoms with Crippen molar-refractivity contribution in [1.29, 1.82) is 0 Å². The second-order valence-corrected chi connectivity index (χ2v) is 6.10. The number of rotatable bonds is 5. The molecule has 1 rings (SSSR count). The van der Waals surface area contributed by atoms with E-state index < -0.39 is 28.9 Å². The number of carboxylic acids is 1. The molecule has 7 heteroatoms. The molecule has 0 saturated heterocycles. The van der Waals surface area contributed by atoms with Gasteiger partial charge in [-0.2, -0.15) is 0 Å². The van der Waals surface area contributed by atoms with Crippen LogP contribution in [0.25, 0.3) is 0 Å². The molecule has 0 aliphatic heterocycles. The molecule has 1 aromatic carbocycles. The molecule has 0 radical (unpaired) electrons. The summed E-state index contributed by atoms with van der Waals surface area (Å²) in [5, 5.41) is 11.4. The Morgan fingerprint density at radius 1 is 1.30 bits per heavy atom. The zero-order chi connectivity index (χ0) is 15.5. The minimum atomic E-state index is -1.10. The van der Waals surface area contributed by atoms with Crippen LogP contribution < -0.4 is 5.32 Å². The zero-order valence-electron chi connectivity index (χ0n) is 11.0. The normalized spacial score (nSPS) is 11.2. The van der Waals surface area contributed by atoms with Gasteiger partial charge in [-0.05, 0) is 55.0 Å². The van der Waals surface area contributed by atoms with Gasteiger partial charge in [-0.25, -0.2) is 8.78 Å². The molecule has 0 aromatic heterocycles. The maximum absolute atomic E-state index is 13.1. The third-order valence-corrected chi connectivity index (χ3v) is 3.76. The van der Waals surface area contributed by atoms with Crippen LogP contribution in [0.4, 0.5) is 8.78 Å². The minimum Gasteiger partial charge on any atom is -0.481 e. The van der Waals surface area contributed by atoms with E-state index in [0.29, 0.717) is 0 Å². The maximum Gasteiger partial charge on any atom is 0.309 e. The van der Waals surface area contributed by atoms with E-state index in [9.17, 15) is 18.4 Å². The second-order valence-electron chi connectivity index (χ2n) is 4.94. The number of halogens is 3. The van der Waals surface area contributed by atoms with Gasteiger partial charge in [-0.15, -0.1) is 0 Å². The fraction of sp³-hybridized carbons (Fsp3) is 0.385. The van der Waals surface area contributed by atoms with Crippen molar-refractivity contribution >= 4 is 34.5 Å². The first-order valence-electron chi connectivity index (χ1n) is 5.81. The highest BCUT2D eigenvalue weighted by Crippen LogP contribution is 2.20. The van der Waals surface area contributed by atoms with Crippen LogP contribution in [0.2, 0.25) is 0 Å². The first-order chi connectivity index (χ1) is 9.15. The number of nitrogens with one attached hydrogen (secondary N) is 1. The summed E-state index contributed by atoms with van der Waals surface area (Å²) in [7, 11) is 0. The summed E-state index contributed by atoms with van der Waals surface area (Å²) in [5.41, 5.74) is -0.938. The second kappa shape index (κ2) is 6.47. The lowest BCUT2D eigenvalue weighted by atomic mass is 9.90. The lowest BCUT2D eigenvalue weighted by Gasteiger charge is -2.19. The van der Waals surface area contributed by atoms with Gasteiger partial charge in [0.15, 0.2) is 11.6 Å². The summed E-state index contributed by atoms with van der Waals surface area (Å²) < 4.78 is 26.3. The molecular formula is C13H14F2INO3. The van der Waals surface area contributed by atoms with Crippen molar-refractivity contribution in [3.8, 4) is 0 Å². The van der Waals surface area contributed by atoms with E-state index in [0.717, 1.165) is 12.1 Å². The van der Waals surface area contributed by atoms with E-state index >= 15 is 0 Å². The topological polar surface area (TPSA) is 66.4 Å². The van der Waals surface area contributed by atoms with Crippen LogP contribution in [0.15, 0.2) is 12.1 Å². The molecule has 20 heavy (non-hydrogen) atoms. The van der Waals surface area contributed by atoms with Crippen molar-refractivity contribution in [2.24, 2.45) is 5.41 Å². The van der Waals surface area contributed by atoms with Crippen LogP contribution >= 0.6 is 22.6 Å². The van der Waals surface area contributed by atoms with Gasteiger partial charge in [0.1, 0.15) is 0 Å². The highest BCUT2D eigenvalue weighted by molar-refractivity contribution is 14.1. The predicted molar refractivity (Wildman–Crippen MR) is 77.4 cm³/mol. The molecule has 0 bridgehead atoms. The molecule has 4 nitrogen and oxygen atoms in total. The highest BCUT2D eigenvalue weighted by atomic mass is 127. The Labute approximate surface area is 128 Å². The van der Waals surface area contributed by atoms with Crippen molar-refractivity contribution in [2.75, 3.05) is 6.54 Å². The lowest BCUT2D eigenvalue weighted by Crippen LogP contribution is -2.32. The standard InChI is InChI=1S/C13H14F2INO3/c1-13(2,12(19)20)3-4-17-11(18)7-5-8(14)9(15)6-10(7)16/h5-6H,3-4H2,1-2H3,(H,17,18)(H,19,20). The summed E-state index contributed by atoms with van der Waals surface area (Å²) in [6.07, 6.45) is 0.230. The number of carbonyl (C=O) groups excluding carboxylic acids is 1. The molecular weight excluding hydrogens is 383 g/mol. The van der Waals surface area contributed by atoms with Crippen molar-refractivity contribution in [3.05, 3.63) is 32.9 Å². The van der Waals surface area contributed by atoms with E-state index in [2.05, 4.69) is 5.32 Å². The van der Waals surface area contributed by atoms with Crippen LogP contribution in [-0.2, 0) is 4.79 Å². The lowest BCUT2D eigenvalue weighted by molar-refractivity contribution is -0.147. The van der Waals surface area contributed by atoms with Gasteiger partial charge in [-0.3, -0.25) is 9.59 Å². The molecule has 0 aliphatic rings. The predicted octanol–water partition coefficient (Wildman–Crippen LogP) is 2.80. The number of amides is 1. The zero-order valence-corrected chi connectivity index (χ0v) is 13.1. The van der Waals surface area contributed by atoms with Crippen molar-refractivity contribution < 1.29 is 23.5 Å². The number of hydrogen-bond acceptors (Lipinski definition) is 2. The number of aliphatic carboxylic acids is 1. The van der Waals surface area contributed by atoms with E-state index in [1.54, 1.807) is 36.4 Å². The van der Waals surface area contributed by atoms with E-state index in [1.807, 2.05) is 0 Å². The summed E-state index contributed by atoms with van der Waals surface area (Å²) in [4.78, 5) is 22.7. The number of carbonyl (C=O) groups is 2. The third kappa shape index (κ3) is 4.12. The molecule has 0 atom stereocenters. The fourth-order valence-corrected chi connectivity index (χ4v) is 2.06. The Morgan fingerprint density at radius 3 is 2.40 bits per heavy atom. The monoisotopic (exact) mass is 397 g/mol. The molecule has 0 fully saturated rings. The first-order valence-corrected chi connectivity index (χ1v) is 6.89. The third-order valence-electron chi connectivity index (χ3n) is 2.87. The average molecular weight is 397 g/mol. The highest BCUT2D eigenvalue weighted by Gasteiger charge is 2.26. The van der Waals surface area contributed by atoms with Crippen LogP contribution in [0.1, 0.15) is 30.6 Å². The Morgan fingerprint density at radius 2 is 1.85 bits per heavy atom. The molecule has 0 unspecified atom stereocenters. The quantitative estimate of drug-likeness (QED) is 0.593. The largest absolute Gasteiger partial charge is 0.481 e. The van der Waals surface area contributed by atoms with Crippen LogP contribution in [0, 0.1) is 20.6 Å². The van der Waals surface area contributed by atoms with Crippen molar-refractivity contribution in [2.45, 2.75) is 20.3 Å². The van der Waals surface area contributed by atoms with Gasteiger partial charge in [0.25, 0.3) is 5.91 Å². The minimum absolute atomic E-state index is 0.0256. The summed E-state index contributed by atoms with van der Waals surface area (Å²) in [5.74, 6) is -3.64. The smallest absolute Gasteiger partial charge is 0.309 e. The van der Waals surface area contributed by atoms with Crippen molar-refractivity contribution in [3.63, 3.8) is 0 Å². The number of hydrogen-bond donors (Lipinski definition) is 2. The SMILES string of the molecule is CC(C)(CCNC(=O)c1cc(F)c(F)cc1I)C(=O)O. The molecule has 0 spiro atoms. The first kappa shape index (κ1) is 16.8. The Hall–Kier alpha value is -1.25. The summed E-state index contributed by atoms with van der Waals surface area (Å²) in [6.45, 7) is 3.22. The molecule has 2 N–H and O–H groups in total. The van der Waals surface area contributed by atoms with E-state index in [-0.39, 0.29) is 22.1 Å². The molecule has 1 aromatic rings. The maximum atomic E-state index is 13.1. The fourth-order valence-electron chi connectivity index (χ4n) is 1.39. The Kier molecular flexibility index (Phi) is 5.43. The summed E-state index contributed by atoms with van der Waals surface area (Å²) in [6, 6.07) is 1.76. The molecule has 1 amide bonds. The Balaban J connectivity index is 2.69. The average Bonchev–Trinajstić information content (AvgIpc) is 2.33. The van der Waals surface area contributed by atoms with E-state index in [1.165, 1.54) is 0 Å². The molecule has 0 aliphatic carbocycles. The van der Waals surface area contributed by atoms with Gasteiger partial charge in [0.05, 0.1) is 11.0 Å². The number of benzene rings is 1. The Bertz CT molecular complexity index is 547. The van der Waals surface area contributed by atoms with E-state index in [4.69, 9.17) is 5.11 Å². The van der Waals surface area contributed by atoms with Gasteiger partial charge in [-0.1, -0.05) is 0 Å². The molecule has 0 heterocycles. The van der Waals surface area contributed by atoms with Crippen molar-refractivity contribution in [1.82, 2.24) is 5.32 Å². The van der Waals surface area contributed by atoms with Gasteiger partial charge in [0, 0.05) is 10.1 Å². The van der Waals surface area contributed by atoms with Crippen LogP contribution in [0.5, 0.6) is 0 Å². The molecule has 0 saturated carbocycles. The van der Waals surface area contributed by atoms with Gasteiger partial charge >= 0.3 is 5.97 Å². The van der Waals surface area contributed by atoms with Gasteiger partial charge in [0.2, 0.25) is 0 Å². The van der Waals surface area contributed by atoms with Crippen LogP contribution in [0.3, 0.4) is 0 Å². The van der Waals surface area contributed by atoms with Crippen LogP contribution in [-0.4, -0.2) is 23.5 Å². The number of carboxylic acid groups (broad SMARTS) is 1. The summed E-state index contributed by atoms with van der Waals surface area (Å²) >= 11 is 1.73. The van der Waals surface area contributed by atoms with Gasteiger partial charge < -0.3 is 10.4 Å². The molecule has 110 valence electrons.